The molecule has 3 saturated heterocycles. The van der Waals surface area contributed by atoms with Crippen LogP contribution in [-0.4, -0.2) is 73.8 Å². The van der Waals surface area contributed by atoms with Crippen molar-refractivity contribution in [2.24, 2.45) is 17.8 Å². The molecule has 4 fully saturated rings. The Morgan fingerprint density at radius 1 is 1.00 bits per heavy atom. The van der Waals surface area contributed by atoms with Crippen LogP contribution in [0.3, 0.4) is 0 Å². The molecule has 0 bridgehead atoms. The Morgan fingerprint density at radius 3 is 2.41 bits per heavy atom. The maximum atomic E-state index is 13.0. The maximum Gasteiger partial charge on any atom is 0.407 e. The Kier molecular flexibility index (Phi) is 7.70. The first-order valence-electron chi connectivity index (χ1n) is 13.3. The summed E-state index contributed by atoms with van der Waals surface area (Å²) in [6.45, 7) is 6.01. The first kappa shape index (κ1) is 23.6. The van der Waals surface area contributed by atoms with Crippen LogP contribution >= 0.6 is 0 Å². The number of hydrogen-bond acceptors (Lipinski definition) is 5. The Morgan fingerprint density at radius 2 is 1.74 bits per heavy atom. The molecular formula is C27H39N3O4. The molecule has 0 radical (unpaired) electrons. The van der Waals surface area contributed by atoms with Gasteiger partial charge >= 0.3 is 6.09 Å². The van der Waals surface area contributed by atoms with Crippen LogP contribution in [0, 0.1) is 17.8 Å². The highest BCUT2D eigenvalue weighted by atomic mass is 16.6. The van der Waals surface area contributed by atoms with Crippen molar-refractivity contribution in [3.05, 3.63) is 35.9 Å². The van der Waals surface area contributed by atoms with Crippen LogP contribution in [0.4, 0.5) is 4.79 Å². The summed E-state index contributed by atoms with van der Waals surface area (Å²) < 4.78 is 10.9. The molecule has 0 aromatic heterocycles. The summed E-state index contributed by atoms with van der Waals surface area (Å²) in [5, 5.41) is 3.10. The number of benzene rings is 1. The van der Waals surface area contributed by atoms with Crippen molar-refractivity contribution < 1.29 is 19.1 Å². The van der Waals surface area contributed by atoms with Gasteiger partial charge in [0.1, 0.15) is 6.10 Å². The van der Waals surface area contributed by atoms with Crippen molar-refractivity contribution >= 4 is 12.0 Å². The number of likely N-dealkylation sites (tertiary alicyclic amines) is 2. The van der Waals surface area contributed by atoms with Gasteiger partial charge in [-0.3, -0.25) is 4.79 Å². The van der Waals surface area contributed by atoms with Gasteiger partial charge in [0.25, 0.3) is 0 Å². The first-order chi connectivity index (χ1) is 16.7. The second-order valence-corrected chi connectivity index (χ2v) is 10.6. The van der Waals surface area contributed by atoms with Crippen molar-refractivity contribution in [3.63, 3.8) is 0 Å². The molecule has 3 heterocycles. The summed E-state index contributed by atoms with van der Waals surface area (Å²) in [4.78, 5) is 30.2. The molecule has 1 aromatic carbocycles. The number of hydrogen-bond donors (Lipinski definition) is 1. The predicted molar refractivity (Wildman–Crippen MR) is 129 cm³/mol. The van der Waals surface area contributed by atoms with Crippen LogP contribution in [0.5, 0.6) is 0 Å². The molecule has 1 aromatic rings. The zero-order valence-electron chi connectivity index (χ0n) is 20.2. The van der Waals surface area contributed by atoms with Crippen molar-refractivity contribution in [2.75, 3.05) is 45.9 Å². The highest BCUT2D eigenvalue weighted by Crippen LogP contribution is 2.34. The minimum Gasteiger partial charge on any atom is -0.444 e. The smallest absolute Gasteiger partial charge is 0.407 e. The standard InChI is InChI=1S/C27H39N3O4/c31-26(21-9-5-2-6-10-21)30-17-22-15-29(16-23(22)18-30)13-11-25(20-7-3-1-4-8-20)28-27(32)34-24-12-14-33-19-24/h1,3-4,7-8,21-25H,2,5-6,9-19H2,(H,28,32)/t22-,23?,24?,25?/m0/s1. The molecule has 7 nitrogen and oxygen atoms in total. The number of carbonyl (C=O) groups is 2. The summed E-state index contributed by atoms with van der Waals surface area (Å²) >= 11 is 0. The van der Waals surface area contributed by atoms with E-state index in [9.17, 15) is 9.59 Å². The van der Waals surface area contributed by atoms with Crippen molar-refractivity contribution in [1.29, 1.82) is 0 Å². The first-order valence-corrected chi connectivity index (χ1v) is 13.3. The predicted octanol–water partition coefficient (Wildman–Crippen LogP) is 3.60. The van der Waals surface area contributed by atoms with Gasteiger partial charge in [-0.15, -0.1) is 0 Å². The topological polar surface area (TPSA) is 71.1 Å². The van der Waals surface area contributed by atoms with Crippen LogP contribution in [0.1, 0.15) is 56.6 Å². The third-order valence-corrected chi connectivity index (χ3v) is 8.22. The van der Waals surface area contributed by atoms with Gasteiger partial charge in [-0.1, -0.05) is 49.6 Å². The second kappa shape index (κ2) is 11.1. The van der Waals surface area contributed by atoms with Gasteiger partial charge in [-0.2, -0.15) is 0 Å². The van der Waals surface area contributed by atoms with Crippen LogP contribution in [-0.2, 0) is 14.3 Å². The summed E-state index contributed by atoms with van der Waals surface area (Å²) in [6, 6.07) is 10.1. The number of rotatable bonds is 7. The van der Waals surface area contributed by atoms with Crippen LogP contribution < -0.4 is 5.32 Å². The van der Waals surface area contributed by atoms with E-state index in [0.717, 1.165) is 64.0 Å². The third kappa shape index (κ3) is 5.74. The molecule has 0 spiro atoms. The highest BCUT2D eigenvalue weighted by molar-refractivity contribution is 5.79. The SMILES string of the molecule is O=C(NC(CCN1CC2CN(C(=O)C3CCCCC3)C[C@@H]2C1)c1ccccc1)OC1CCOC1. The van der Waals surface area contributed by atoms with E-state index in [1.807, 2.05) is 18.2 Å². The number of amides is 2. The quantitative estimate of drug-likeness (QED) is 0.661. The van der Waals surface area contributed by atoms with Gasteiger partial charge in [-0.05, 0) is 36.7 Å². The molecule has 4 aliphatic rings. The molecule has 2 amide bonds. The van der Waals surface area contributed by atoms with Crippen molar-refractivity contribution in [3.8, 4) is 0 Å². The zero-order valence-corrected chi connectivity index (χ0v) is 20.2. The summed E-state index contributed by atoms with van der Waals surface area (Å²) in [7, 11) is 0. The monoisotopic (exact) mass is 469 g/mol. The molecule has 1 aliphatic carbocycles. The maximum absolute atomic E-state index is 13.0. The molecule has 1 saturated carbocycles. The third-order valence-electron chi connectivity index (χ3n) is 8.22. The van der Waals surface area contributed by atoms with Gasteiger partial charge in [-0.25, -0.2) is 4.79 Å². The number of fused-ring (bicyclic) bond motifs is 1. The molecule has 5 rings (SSSR count). The van der Waals surface area contributed by atoms with Crippen molar-refractivity contribution in [2.45, 2.75) is 57.1 Å². The van der Waals surface area contributed by atoms with Crippen LogP contribution in [0.15, 0.2) is 30.3 Å². The zero-order chi connectivity index (χ0) is 23.3. The molecule has 4 atom stereocenters. The fourth-order valence-corrected chi connectivity index (χ4v) is 6.31. The van der Waals surface area contributed by atoms with Gasteiger partial charge in [0.15, 0.2) is 0 Å². The number of carbonyl (C=O) groups excluding carboxylic acids is 2. The van der Waals surface area contributed by atoms with E-state index >= 15 is 0 Å². The largest absolute Gasteiger partial charge is 0.444 e. The molecular weight excluding hydrogens is 430 g/mol. The molecule has 3 unspecified atom stereocenters. The van der Waals surface area contributed by atoms with Crippen molar-refractivity contribution in [1.82, 2.24) is 15.1 Å². The average Bonchev–Trinajstić information content (AvgIpc) is 3.59. The lowest BCUT2D eigenvalue weighted by atomic mass is 9.88. The number of ether oxygens (including phenoxy) is 2. The van der Waals surface area contributed by atoms with Gasteiger partial charge in [0.2, 0.25) is 5.91 Å². The van der Waals surface area contributed by atoms with Gasteiger partial charge < -0.3 is 24.6 Å². The number of alkyl carbamates (subject to hydrolysis) is 1. The van der Waals surface area contributed by atoms with Gasteiger partial charge in [0.05, 0.1) is 19.3 Å². The average molecular weight is 470 g/mol. The van der Waals surface area contributed by atoms with Gasteiger partial charge in [0, 0.05) is 45.1 Å². The van der Waals surface area contributed by atoms with E-state index in [1.54, 1.807) is 0 Å². The molecule has 7 heteroatoms. The van der Waals surface area contributed by atoms with Crippen LogP contribution in [0.25, 0.3) is 0 Å². The Labute approximate surface area is 203 Å². The summed E-state index contributed by atoms with van der Waals surface area (Å²) in [5.41, 5.74) is 1.10. The van der Waals surface area contributed by atoms with E-state index in [2.05, 4.69) is 27.2 Å². The molecule has 186 valence electrons. The molecule has 3 aliphatic heterocycles. The van der Waals surface area contributed by atoms with E-state index in [4.69, 9.17) is 9.47 Å². The van der Waals surface area contributed by atoms with Crippen LogP contribution in [0.2, 0.25) is 0 Å². The second-order valence-electron chi connectivity index (χ2n) is 10.6. The van der Waals surface area contributed by atoms with E-state index in [-0.39, 0.29) is 24.2 Å². The normalized spacial score (nSPS) is 28.6. The summed E-state index contributed by atoms with van der Waals surface area (Å²) in [5.74, 6) is 1.86. The lowest BCUT2D eigenvalue weighted by Crippen LogP contribution is -2.38. The summed E-state index contributed by atoms with van der Waals surface area (Å²) in [6.07, 6.45) is 6.97. The number of nitrogens with one attached hydrogen (secondary N) is 1. The minimum atomic E-state index is -0.362. The Balaban J connectivity index is 1.11. The molecule has 1 N–H and O–H groups in total. The lowest BCUT2D eigenvalue weighted by Gasteiger charge is -2.28. The fourth-order valence-electron chi connectivity index (χ4n) is 6.31. The molecule has 34 heavy (non-hydrogen) atoms. The van der Waals surface area contributed by atoms with E-state index in [1.165, 1.54) is 19.3 Å². The van der Waals surface area contributed by atoms with E-state index < -0.39 is 0 Å². The van der Waals surface area contributed by atoms with E-state index in [0.29, 0.717) is 31.0 Å². The highest BCUT2D eigenvalue weighted by Gasteiger charge is 2.42. The lowest BCUT2D eigenvalue weighted by molar-refractivity contribution is -0.135. The number of nitrogens with zero attached hydrogens (tertiary/aromatic N) is 2. The Hall–Kier alpha value is -2.12. The minimum absolute atomic E-state index is 0.0826. The Bertz CT molecular complexity index is 808. The fraction of sp³-hybridized carbons (Fsp3) is 0.704.